The average molecular weight is 503 g/mol. The molecule has 1 unspecified atom stereocenters. The number of hydrogen-bond donors (Lipinski definition) is 1. The van der Waals surface area contributed by atoms with Gasteiger partial charge in [-0.2, -0.15) is 0 Å². The molecule has 0 amide bonds. The second-order valence-electron chi connectivity index (χ2n) is 8.70. The van der Waals surface area contributed by atoms with Gasteiger partial charge in [0.2, 0.25) is 0 Å². The highest BCUT2D eigenvalue weighted by Crippen LogP contribution is 2.17. The third-order valence-electron chi connectivity index (χ3n) is 5.90. The van der Waals surface area contributed by atoms with E-state index in [1.54, 1.807) is 0 Å². The fourth-order valence-corrected chi connectivity index (χ4v) is 4.29. The molecule has 13 heteroatoms. The van der Waals surface area contributed by atoms with Crippen LogP contribution < -0.4 is 10.9 Å². The number of ether oxygens (including phenoxy) is 4. The SMILES string of the molecule is Bc1c(CN2CC(S(C)(=O)=O)C2)nnn1CCOCCOCCOCCOCCNC(C)CC. The molecule has 1 atom stereocenters. The zero-order valence-electron chi connectivity index (χ0n) is 21.2. The average Bonchev–Trinajstić information content (AvgIpc) is 3.11. The van der Waals surface area contributed by atoms with Crippen LogP contribution in [0.3, 0.4) is 0 Å². The Labute approximate surface area is 205 Å². The molecule has 0 aromatic carbocycles. The summed E-state index contributed by atoms with van der Waals surface area (Å²) in [6.45, 7) is 12.0. The second kappa shape index (κ2) is 15.8. The number of hydrogen-bond acceptors (Lipinski definition) is 10. The smallest absolute Gasteiger partial charge is 0.166 e. The second-order valence-corrected chi connectivity index (χ2v) is 11.0. The number of nitrogens with one attached hydrogen (secondary N) is 1. The topological polar surface area (TPSA) is 117 Å². The van der Waals surface area contributed by atoms with E-state index in [2.05, 4.69) is 34.4 Å². The summed E-state index contributed by atoms with van der Waals surface area (Å²) in [6, 6.07) is 0.529. The van der Waals surface area contributed by atoms with Crippen molar-refractivity contribution in [3.8, 4) is 0 Å². The lowest BCUT2D eigenvalue weighted by molar-refractivity contribution is -0.00249. The maximum atomic E-state index is 11.5. The van der Waals surface area contributed by atoms with Crippen molar-refractivity contribution >= 4 is 23.3 Å². The number of rotatable bonds is 20. The van der Waals surface area contributed by atoms with Crippen molar-refractivity contribution in [2.75, 3.05) is 78.7 Å². The van der Waals surface area contributed by atoms with Gasteiger partial charge in [-0.15, -0.1) is 5.10 Å². The summed E-state index contributed by atoms with van der Waals surface area (Å²) in [5.41, 5.74) is 1.86. The van der Waals surface area contributed by atoms with E-state index in [1.807, 2.05) is 12.5 Å². The van der Waals surface area contributed by atoms with Crippen molar-refractivity contribution < 1.29 is 27.4 Å². The summed E-state index contributed by atoms with van der Waals surface area (Å²) >= 11 is 0. The standard InChI is InChI=1S/C21H42BN5O6S/c1-4-18(2)23-5-7-30-9-11-32-13-14-33-12-10-31-8-6-27-21(22)20(24-25-27)17-26-15-19(16-26)34(3,28)29/h18-19,23H,4-17,22H2,1-3H3. The van der Waals surface area contributed by atoms with Gasteiger partial charge in [0.25, 0.3) is 0 Å². The molecule has 1 fully saturated rings. The fraction of sp³-hybridized carbons (Fsp3) is 0.905. The van der Waals surface area contributed by atoms with Crippen molar-refractivity contribution in [1.29, 1.82) is 0 Å². The normalized spacial score (nSPS) is 16.1. The number of nitrogens with zero attached hydrogens (tertiary/aromatic N) is 4. The van der Waals surface area contributed by atoms with Crippen molar-refractivity contribution in [1.82, 2.24) is 25.2 Å². The van der Waals surface area contributed by atoms with Gasteiger partial charge in [-0.3, -0.25) is 9.58 Å². The molecule has 0 aliphatic carbocycles. The van der Waals surface area contributed by atoms with E-state index in [0.29, 0.717) is 85.1 Å². The minimum absolute atomic E-state index is 0.258. The van der Waals surface area contributed by atoms with Crippen molar-refractivity contribution in [3.05, 3.63) is 5.69 Å². The van der Waals surface area contributed by atoms with Gasteiger partial charge < -0.3 is 24.3 Å². The zero-order valence-corrected chi connectivity index (χ0v) is 22.0. The lowest BCUT2D eigenvalue weighted by Crippen LogP contribution is -2.54. The molecule has 1 aromatic heterocycles. The van der Waals surface area contributed by atoms with Crippen LogP contribution in [0.5, 0.6) is 0 Å². The van der Waals surface area contributed by atoms with Gasteiger partial charge in [-0.25, -0.2) is 8.42 Å². The van der Waals surface area contributed by atoms with E-state index in [-0.39, 0.29) is 5.25 Å². The molecule has 2 rings (SSSR count). The van der Waals surface area contributed by atoms with Crippen LogP contribution in [-0.2, 0) is 41.9 Å². The lowest BCUT2D eigenvalue weighted by Gasteiger charge is -2.37. The van der Waals surface area contributed by atoms with E-state index in [9.17, 15) is 8.42 Å². The number of sulfone groups is 1. The molecule has 1 aliphatic rings. The summed E-state index contributed by atoms with van der Waals surface area (Å²) in [5.74, 6) is 0. The molecule has 1 N–H and O–H groups in total. The first-order valence-corrected chi connectivity index (χ1v) is 14.1. The molecule has 2 heterocycles. The van der Waals surface area contributed by atoms with Crippen LogP contribution in [0.2, 0.25) is 0 Å². The Morgan fingerprint density at radius 2 is 1.59 bits per heavy atom. The molecule has 0 bridgehead atoms. The first-order chi connectivity index (χ1) is 16.3. The Bertz CT molecular complexity index is 791. The highest BCUT2D eigenvalue weighted by atomic mass is 32.2. The zero-order chi connectivity index (χ0) is 24.8. The largest absolute Gasteiger partial charge is 0.378 e. The summed E-state index contributed by atoms with van der Waals surface area (Å²) < 4.78 is 47.0. The maximum absolute atomic E-state index is 11.5. The molecule has 34 heavy (non-hydrogen) atoms. The highest BCUT2D eigenvalue weighted by molar-refractivity contribution is 7.91. The van der Waals surface area contributed by atoms with Crippen LogP contribution in [0.1, 0.15) is 26.0 Å². The molecule has 0 radical (unpaired) electrons. The van der Waals surface area contributed by atoms with Gasteiger partial charge in [0.15, 0.2) is 17.7 Å². The molecule has 1 aromatic rings. The van der Waals surface area contributed by atoms with Gasteiger partial charge in [0.05, 0.1) is 70.3 Å². The van der Waals surface area contributed by atoms with Crippen LogP contribution in [0.25, 0.3) is 0 Å². The number of likely N-dealkylation sites (tertiary alicyclic amines) is 1. The first kappa shape index (κ1) is 29.1. The van der Waals surface area contributed by atoms with Crippen LogP contribution in [0, 0.1) is 0 Å². The van der Waals surface area contributed by atoms with Crippen molar-refractivity contribution in [2.45, 2.75) is 44.6 Å². The third-order valence-corrected chi connectivity index (χ3v) is 7.40. The molecular formula is C21H42BN5O6S. The molecule has 11 nitrogen and oxygen atoms in total. The van der Waals surface area contributed by atoms with E-state index in [4.69, 9.17) is 18.9 Å². The Morgan fingerprint density at radius 3 is 2.15 bits per heavy atom. The summed E-state index contributed by atoms with van der Waals surface area (Å²) in [6.07, 6.45) is 2.41. The quantitative estimate of drug-likeness (QED) is 0.162. The van der Waals surface area contributed by atoms with Crippen molar-refractivity contribution in [2.24, 2.45) is 0 Å². The van der Waals surface area contributed by atoms with Crippen molar-refractivity contribution in [3.63, 3.8) is 0 Å². The van der Waals surface area contributed by atoms with Gasteiger partial charge >= 0.3 is 0 Å². The van der Waals surface area contributed by atoms with Crippen LogP contribution in [0.15, 0.2) is 0 Å². The van der Waals surface area contributed by atoms with E-state index < -0.39 is 9.84 Å². The van der Waals surface area contributed by atoms with Gasteiger partial charge in [0, 0.05) is 44.1 Å². The minimum atomic E-state index is -2.96. The highest BCUT2D eigenvalue weighted by Gasteiger charge is 2.34. The molecule has 0 saturated carbocycles. The third kappa shape index (κ3) is 11.1. The molecule has 1 saturated heterocycles. The van der Waals surface area contributed by atoms with E-state index in [1.165, 1.54) is 6.26 Å². The van der Waals surface area contributed by atoms with E-state index >= 15 is 0 Å². The van der Waals surface area contributed by atoms with Crippen LogP contribution in [0.4, 0.5) is 0 Å². The molecule has 196 valence electrons. The fourth-order valence-electron chi connectivity index (χ4n) is 3.32. The molecule has 0 spiro atoms. The summed E-state index contributed by atoms with van der Waals surface area (Å²) in [5, 5.41) is 11.5. The predicted octanol–water partition coefficient (Wildman–Crippen LogP) is -1.78. The first-order valence-electron chi connectivity index (χ1n) is 12.2. The Morgan fingerprint density at radius 1 is 1.03 bits per heavy atom. The lowest BCUT2D eigenvalue weighted by atomic mass is 10.0. The summed E-state index contributed by atoms with van der Waals surface area (Å²) in [4.78, 5) is 2.07. The van der Waals surface area contributed by atoms with Gasteiger partial charge in [-0.05, 0) is 13.3 Å². The number of aromatic nitrogens is 3. The van der Waals surface area contributed by atoms with Crippen LogP contribution in [-0.4, -0.2) is 126 Å². The molecule has 1 aliphatic heterocycles. The Kier molecular flexibility index (Phi) is 13.6. The Balaban J connectivity index is 1.40. The minimum Gasteiger partial charge on any atom is -0.378 e. The summed E-state index contributed by atoms with van der Waals surface area (Å²) in [7, 11) is -0.982. The predicted molar refractivity (Wildman–Crippen MR) is 133 cm³/mol. The van der Waals surface area contributed by atoms with Gasteiger partial charge in [-0.1, -0.05) is 12.1 Å². The van der Waals surface area contributed by atoms with E-state index in [0.717, 1.165) is 24.3 Å². The maximum Gasteiger partial charge on any atom is 0.166 e. The monoisotopic (exact) mass is 503 g/mol. The van der Waals surface area contributed by atoms with Crippen LogP contribution >= 0.6 is 0 Å². The molecular weight excluding hydrogens is 461 g/mol. The van der Waals surface area contributed by atoms with Gasteiger partial charge in [0.1, 0.15) is 0 Å². The Hall–Kier alpha value is -1.09.